The van der Waals surface area contributed by atoms with Gasteiger partial charge in [0, 0.05) is 5.69 Å². The van der Waals surface area contributed by atoms with Gasteiger partial charge in [0.2, 0.25) is 0 Å². The molecular weight excluding hydrogens is 226 g/mol. The number of hydrogen-bond donors (Lipinski definition) is 3. The molecule has 0 saturated heterocycles. The van der Waals surface area contributed by atoms with Crippen molar-refractivity contribution in [3.8, 4) is 0 Å². The topological polar surface area (TPSA) is 70.6 Å². The predicted octanol–water partition coefficient (Wildman–Crippen LogP) is 2.11. The Balaban J connectivity index is 2.06. The van der Waals surface area contributed by atoms with Crippen LogP contribution in [0.25, 0.3) is 0 Å². The summed E-state index contributed by atoms with van der Waals surface area (Å²) in [6.45, 7) is 0.0736. The van der Waals surface area contributed by atoms with E-state index in [1.54, 1.807) is 0 Å². The Morgan fingerprint density at radius 1 is 1.22 bits per heavy atom. The van der Waals surface area contributed by atoms with Crippen molar-refractivity contribution in [1.82, 2.24) is 0 Å². The Morgan fingerprint density at radius 3 is 2.50 bits per heavy atom. The molecule has 1 aliphatic carbocycles. The van der Waals surface area contributed by atoms with Crippen LogP contribution in [0.15, 0.2) is 35.3 Å². The van der Waals surface area contributed by atoms with Gasteiger partial charge in [-0.25, -0.2) is 4.99 Å². The summed E-state index contributed by atoms with van der Waals surface area (Å²) in [5.41, 5.74) is 6.47. The van der Waals surface area contributed by atoms with Gasteiger partial charge >= 0.3 is 0 Å². The lowest BCUT2D eigenvalue weighted by molar-refractivity contribution is 0.158. The van der Waals surface area contributed by atoms with Gasteiger partial charge in [-0.3, -0.25) is 0 Å². The quantitative estimate of drug-likeness (QED) is 0.566. The number of anilines is 1. The number of aliphatic hydroxyl groups excluding tert-OH is 1. The largest absolute Gasteiger partial charge is 0.394 e. The van der Waals surface area contributed by atoms with E-state index in [1.165, 1.54) is 6.42 Å². The van der Waals surface area contributed by atoms with Crippen LogP contribution in [0.2, 0.25) is 0 Å². The number of rotatable bonds is 3. The normalized spacial score (nSPS) is 19.5. The third-order valence-electron chi connectivity index (χ3n) is 3.48. The lowest BCUT2D eigenvalue weighted by Gasteiger charge is -2.32. The number of benzene rings is 1. The number of nitrogens with one attached hydrogen (secondary N) is 1. The summed E-state index contributed by atoms with van der Waals surface area (Å²) >= 11 is 0. The summed E-state index contributed by atoms with van der Waals surface area (Å²) in [5, 5.41) is 12.6. The molecule has 18 heavy (non-hydrogen) atoms. The fourth-order valence-electron chi connectivity index (χ4n) is 2.47. The molecule has 1 fully saturated rings. The molecule has 0 aromatic heterocycles. The number of nitrogens with zero attached hydrogens (tertiary/aromatic N) is 1. The van der Waals surface area contributed by atoms with E-state index < -0.39 is 0 Å². The zero-order valence-electron chi connectivity index (χ0n) is 10.6. The first-order chi connectivity index (χ1) is 8.74. The van der Waals surface area contributed by atoms with Gasteiger partial charge in [-0.2, -0.15) is 0 Å². The average Bonchev–Trinajstić information content (AvgIpc) is 2.41. The predicted molar refractivity (Wildman–Crippen MR) is 74.6 cm³/mol. The SMILES string of the molecule is NC(=NC1(CO)CCCCC1)Nc1ccccc1. The summed E-state index contributed by atoms with van der Waals surface area (Å²) in [5.74, 6) is 0.386. The smallest absolute Gasteiger partial charge is 0.193 e. The minimum Gasteiger partial charge on any atom is -0.394 e. The number of aliphatic hydroxyl groups is 1. The molecule has 4 heteroatoms. The minimum absolute atomic E-state index is 0.0736. The third kappa shape index (κ3) is 3.23. The maximum atomic E-state index is 9.57. The van der Waals surface area contributed by atoms with Gasteiger partial charge in [0.15, 0.2) is 5.96 Å². The van der Waals surface area contributed by atoms with E-state index in [4.69, 9.17) is 5.73 Å². The molecule has 1 saturated carbocycles. The molecule has 0 bridgehead atoms. The fourth-order valence-corrected chi connectivity index (χ4v) is 2.47. The highest BCUT2D eigenvalue weighted by atomic mass is 16.3. The molecule has 1 aromatic carbocycles. The van der Waals surface area contributed by atoms with Crippen molar-refractivity contribution < 1.29 is 5.11 Å². The van der Waals surface area contributed by atoms with Crippen LogP contribution >= 0.6 is 0 Å². The number of nitrogens with two attached hydrogens (primary N) is 1. The van der Waals surface area contributed by atoms with Gasteiger partial charge in [-0.1, -0.05) is 37.5 Å². The molecule has 0 atom stereocenters. The maximum Gasteiger partial charge on any atom is 0.193 e. The lowest BCUT2D eigenvalue weighted by Crippen LogP contribution is -2.38. The summed E-state index contributed by atoms with van der Waals surface area (Å²) in [6, 6.07) is 9.72. The fraction of sp³-hybridized carbons (Fsp3) is 0.500. The minimum atomic E-state index is -0.371. The molecule has 0 radical (unpaired) electrons. The van der Waals surface area contributed by atoms with Crippen LogP contribution < -0.4 is 11.1 Å². The highest BCUT2D eigenvalue weighted by molar-refractivity contribution is 5.92. The van der Waals surface area contributed by atoms with E-state index in [0.717, 1.165) is 31.4 Å². The van der Waals surface area contributed by atoms with Gasteiger partial charge in [0.05, 0.1) is 12.1 Å². The van der Waals surface area contributed by atoms with Crippen LogP contribution in [0.5, 0.6) is 0 Å². The first-order valence-corrected chi connectivity index (χ1v) is 6.52. The van der Waals surface area contributed by atoms with E-state index in [9.17, 15) is 5.11 Å². The number of hydrogen-bond acceptors (Lipinski definition) is 2. The maximum absolute atomic E-state index is 9.57. The summed E-state index contributed by atoms with van der Waals surface area (Å²) < 4.78 is 0. The first-order valence-electron chi connectivity index (χ1n) is 6.52. The van der Waals surface area contributed by atoms with Crippen molar-refractivity contribution in [1.29, 1.82) is 0 Å². The monoisotopic (exact) mass is 247 g/mol. The van der Waals surface area contributed by atoms with Crippen molar-refractivity contribution >= 4 is 11.6 Å². The molecule has 0 unspecified atom stereocenters. The van der Waals surface area contributed by atoms with E-state index in [-0.39, 0.29) is 12.1 Å². The van der Waals surface area contributed by atoms with E-state index in [1.807, 2.05) is 30.3 Å². The molecule has 2 rings (SSSR count). The molecule has 0 spiro atoms. The van der Waals surface area contributed by atoms with Crippen LogP contribution in [0.4, 0.5) is 5.69 Å². The number of aliphatic imine (C=N–C) groups is 1. The number of para-hydroxylation sites is 1. The molecule has 4 N–H and O–H groups in total. The van der Waals surface area contributed by atoms with Gasteiger partial charge in [-0.05, 0) is 25.0 Å². The van der Waals surface area contributed by atoms with Crippen LogP contribution in [0.1, 0.15) is 32.1 Å². The summed E-state index contributed by atoms with van der Waals surface area (Å²) in [6.07, 6.45) is 5.29. The Morgan fingerprint density at radius 2 is 1.89 bits per heavy atom. The van der Waals surface area contributed by atoms with Crippen LogP contribution in [0.3, 0.4) is 0 Å². The zero-order valence-corrected chi connectivity index (χ0v) is 10.6. The van der Waals surface area contributed by atoms with Crippen molar-refractivity contribution in [3.63, 3.8) is 0 Å². The second kappa shape index (κ2) is 5.87. The van der Waals surface area contributed by atoms with Crippen LogP contribution in [-0.2, 0) is 0 Å². The van der Waals surface area contributed by atoms with Gasteiger partial charge < -0.3 is 16.2 Å². The standard InChI is InChI=1S/C14H21N3O/c15-13(16-12-7-3-1-4-8-12)17-14(11-18)9-5-2-6-10-14/h1,3-4,7-8,18H,2,5-6,9-11H2,(H3,15,16,17). The Bertz CT molecular complexity index is 397. The molecule has 0 amide bonds. The highest BCUT2D eigenvalue weighted by Gasteiger charge is 2.31. The van der Waals surface area contributed by atoms with Crippen molar-refractivity contribution in [3.05, 3.63) is 30.3 Å². The second-order valence-corrected chi connectivity index (χ2v) is 4.93. The van der Waals surface area contributed by atoms with E-state index in [0.29, 0.717) is 5.96 Å². The lowest BCUT2D eigenvalue weighted by atomic mass is 9.83. The second-order valence-electron chi connectivity index (χ2n) is 4.93. The van der Waals surface area contributed by atoms with Gasteiger partial charge in [0.25, 0.3) is 0 Å². The molecule has 1 aromatic rings. The van der Waals surface area contributed by atoms with Crippen LogP contribution in [-0.4, -0.2) is 23.2 Å². The molecule has 1 aliphatic rings. The molecule has 98 valence electrons. The van der Waals surface area contributed by atoms with Gasteiger partial charge in [-0.15, -0.1) is 0 Å². The Kier molecular flexibility index (Phi) is 4.20. The number of guanidine groups is 1. The molecule has 0 heterocycles. The Labute approximate surface area is 108 Å². The van der Waals surface area contributed by atoms with Crippen molar-refractivity contribution in [2.75, 3.05) is 11.9 Å². The average molecular weight is 247 g/mol. The van der Waals surface area contributed by atoms with E-state index in [2.05, 4.69) is 10.3 Å². The highest BCUT2D eigenvalue weighted by Crippen LogP contribution is 2.31. The van der Waals surface area contributed by atoms with Crippen molar-refractivity contribution in [2.45, 2.75) is 37.6 Å². The van der Waals surface area contributed by atoms with Crippen LogP contribution in [0, 0.1) is 0 Å². The third-order valence-corrected chi connectivity index (χ3v) is 3.48. The molecule has 4 nitrogen and oxygen atoms in total. The molecular formula is C14H21N3O. The first kappa shape index (κ1) is 12.9. The van der Waals surface area contributed by atoms with E-state index >= 15 is 0 Å². The molecule has 0 aliphatic heterocycles. The zero-order chi connectivity index (χ0) is 12.8. The Hall–Kier alpha value is -1.55. The van der Waals surface area contributed by atoms with Gasteiger partial charge in [0.1, 0.15) is 0 Å². The van der Waals surface area contributed by atoms with Crippen molar-refractivity contribution in [2.24, 2.45) is 10.7 Å². The summed E-state index contributed by atoms with van der Waals surface area (Å²) in [4.78, 5) is 4.51. The summed E-state index contributed by atoms with van der Waals surface area (Å²) in [7, 11) is 0.